The topological polar surface area (TPSA) is 63.9 Å². The third-order valence-corrected chi connectivity index (χ3v) is 3.37. The Labute approximate surface area is 123 Å². The number of benzene rings is 2. The van der Waals surface area contributed by atoms with Crippen molar-refractivity contribution in [2.75, 3.05) is 12.8 Å². The highest BCUT2D eigenvalue weighted by Crippen LogP contribution is 2.21. The van der Waals surface area contributed by atoms with Crippen LogP contribution < -0.4 is 10.5 Å². The van der Waals surface area contributed by atoms with Gasteiger partial charge in [0.05, 0.1) is 12.8 Å². The van der Waals surface area contributed by atoms with Crippen LogP contribution in [-0.4, -0.2) is 17.3 Å². The molecule has 4 nitrogen and oxygen atoms in total. The van der Waals surface area contributed by atoms with Crippen molar-refractivity contribution in [1.82, 2.24) is 10.2 Å². The summed E-state index contributed by atoms with van der Waals surface area (Å²) in [6.45, 7) is 0. The van der Waals surface area contributed by atoms with Gasteiger partial charge in [0, 0.05) is 23.4 Å². The van der Waals surface area contributed by atoms with Gasteiger partial charge >= 0.3 is 0 Å². The molecule has 106 valence electrons. The van der Waals surface area contributed by atoms with Crippen molar-refractivity contribution in [1.29, 1.82) is 0 Å². The number of nitrogens with two attached hydrogens (primary N) is 1. The van der Waals surface area contributed by atoms with Crippen molar-refractivity contribution in [3.8, 4) is 17.0 Å². The Bertz CT molecular complexity index is 732. The maximum Gasteiger partial charge on any atom is 0.118 e. The smallest absolute Gasteiger partial charge is 0.118 e. The zero-order chi connectivity index (χ0) is 14.7. The normalized spacial score (nSPS) is 10.5. The number of nitrogens with zero attached hydrogens (tertiary/aromatic N) is 1. The van der Waals surface area contributed by atoms with E-state index >= 15 is 0 Å². The number of hydrogen-bond acceptors (Lipinski definition) is 3. The first kappa shape index (κ1) is 13.2. The number of hydrogen-bond donors (Lipinski definition) is 2. The summed E-state index contributed by atoms with van der Waals surface area (Å²) in [4.78, 5) is 0. The average molecular weight is 279 g/mol. The van der Waals surface area contributed by atoms with E-state index in [0.29, 0.717) is 0 Å². The summed E-state index contributed by atoms with van der Waals surface area (Å²) in [5.74, 6) is 0.865. The quantitative estimate of drug-likeness (QED) is 0.720. The molecule has 0 radical (unpaired) electrons. The van der Waals surface area contributed by atoms with Crippen LogP contribution in [0.1, 0.15) is 11.3 Å². The average Bonchev–Trinajstić information content (AvgIpc) is 2.97. The van der Waals surface area contributed by atoms with E-state index in [4.69, 9.17) is 10.5 Å². The molecule has 0 saturated heterocycles. The first-order chi connectivity index (χ1) is 10.2. The van der Waals surface area contributed by atoms with Gasteiger partial charge in [-0.3, -0.25) is 5.10 Å². The summed E-state index contributed by atoms with van der Waals surface area (Å²) in [6, 6.07) is 17.8. The van der Waals surface area contributed by atoms with E-state index in [2.05, 4.69) is 28.4 Å². The summed E-state index contributed by atoms with van der Waals surface area (Å²) in [5.41, 5.74) is 10.7. The predicted octanol–water partition coefficient (Wildman–Crippen LogP) is 3.26. The van der Waals surface area contributed by atoms with Gasteiger partial charge in [0.15, 0.2) is 0 Å². The van der Waals surface area contributed by atoms with Crippen LogP contribution in [0.15, 0.2) is 54.6 Å². The lowest BCUT2D eigenvalue weighted by Gasteiger charge is -2.01. The van der Waals surface area contributed by atoms with E-state index in [9.17, 15) is 0 Å². The minimum Gasteiger partial charge on any atom is -0.497 e. The lowest BCUT2D eigenvalue weighted by molar-refractivity contribution is 0.414. The van der Waals surface area contributed by atoms with Crippen molar-refractivity contribution in [3.05, 3.63) is 65.9 Å². The largest absolute Gasteiger partial charge is 0.497 e. The van der Waals surface area contributed by atoms with Crippen LogP contribution in [0.3, 0.4) is 0 Å². The second-order valence-electron chi connectivity index (χ2n) is 4.93. The van der Waals surface area contributed by atoms with Gasteiger partial charge in [-0.1, -0.05) is 24.3 Å². The van der Waals surface area contributed by atoms with Crippen LogP contribution in [0.2, 0.25) is 0 Å². The molecule has 0 fully saturated rings. The second kappa shape index (κ2) is 5.71. The Hall–Kier alpha value is -2.75. The van der Waals surface area contributed by atoms with Crippen LogP contribution in [-0.2, 0) is 6.42 Å². The molecule has 4 heteroatoms. The number of nitrogens with one attached hydrogen (secondary N) is 1. The Morgan fingerprint density at radius 1 is 1.10 bits per heavy atom. The Morgan fingerprint density at radius 3 is 2.62 bits per heavy atom. The first-order valence-electron chi connectivity index (χ1n) is 6.78. The first-order valence-corrected chi connectivity index (χ1v) is 6.78. The number of ether oxygens (including phenoxy) is 1. The number of rotatable bonds is 4. The van der Waals surface area contributed by atoms with Gasteiger partial charge in [0.25, 0.3) is 0 Å². The fourth-order valence-corrected chi connectivity index (χ4v) is 2.26. The number of aromatic amines is 1. The molecular weight excluding hydrogens is 262 g/mol. The Balaban J connectivity index is 1.78. The zero-order valence-electron chi connectivity index (χ0n) is 11.8. The van der Waals surface area contributed by atoms with E-state index in [1.165, 1.54) is 5.56 Å². The standard InChI is InChI=1S/C17H17N3O/c1-21-16-7-5-12(6-8-16)9-15-11-17(20-19-15)13-3-2-4-14(18)10-13/h2-8,10-11H,9,18H2,1H3,(H,19,20). The van der Waals surface area contributed by atoms with Crippen molar-refractivity contribution in [2.45, 2.75) is 6.42 Å². The van der Waals surface area contributed by atoms with Gasteiger partial charge in [-0.05, 0) is 35.9 Å². The van der Waals surface area contributed by atoms with Gasteiger partial charge in [-0.15, -0.1) is 0 Å². The van der Waals surface area contributed by atoms with Crippen molar-refractivity contribution < 1.29 is 4.74 Å². The predicted molar refractivity (Wildman–Crippen MR) is 84.2 cm³/mol. The fraction of sp³-hybridized carbons (Fsp3) is 0.118. The number of anilines is 1. The van der Waals surface area contributed by atoms with Crippen LogP contribution >= 0.6 is 0 Å². The maximum atomic E-state index is 5.80. The molecule has 1 aromatic heterocycles. The van der Waals surface area contributed by atoms with Crippen LogP contribution in [0.5, 0.6) is 5.75 Å². The van der Waals surface area contributed by atoms with E-state index in [1.54, 1.807) is 7.11 Å². The summed E-state index contributed by atoms with van der Waals surface area (Å²) in [7, 11) is 1.67. The van der Waals surface area contributed by atoms with Crippen molar-refractivity contribution in [2.24, 2.45) is 0 Å². The van der Waals surface area contributed by atoms with E-state index in [-0.39, 0.29) is 0 Å². The number of methoxy groups -OCH3 is 1. The molecule has 1 heterocycles. The van der Waals surface area contributed by atoms with Gasteiger partial charge < -0.3 is 10.5 Å². The summed E-state index contributed by atoms with van der Waals surface area (Å²) in [5, 5.41) is 7.43. The summed E-state index contributed by atoms with van der Waals surface area (Å²) >= 11 is 0. The van der Waals surface area contributed by atoms with E-state index in [0.717, 1.165) is 34.8 Å². The second-order valence-corrected chi connectivity index (χ2v) is 4.93. The van der Waals surface area contributed by atoms with Gasteiger partial charge in [0.2, 0.25) is 0 Å². The molecule has 0 bridgehead atoms. The third kappa shape index (κ3) is 3.05. The molecule has 0 spiro atoms. The monoisotopic (exact) mass is 279 g/mol. The SMILES string of the molecule is COc1ccc(Cc2cc(-c3cccc(N)c3)n[nH]2)cc1. The third-order valence-electron chi connectivity index (χ3n) is 3.37. The molecule has 0 aliphatic carbocycles. The number of nitrogen functional groups attached to an aromatic ring is 1. The van der Waals surface area contributed by atoms with E-state index in [1.807, 2.05) is 36.4 Å². The Morgan fingerprint density at radius 2 is 1.90 bits per heavy atom. The van der Waals surface area contributed by atoms with Gasteiger partial charge in [0.1, 0.15) is 5.75 Å². The minimum atomic E-state index is 0.743. The molecule has 0 saturated carbocycles. The molecule has 0 amide bonds. The van der Waals surface area contributed by atoms with Crippen LogP contribution in [0.4, 0.5) is 5.69 Å². The highest BCUT2D eigenvalue weighted by molar-refractivity contribution is 5.64. The van der Waals surface area contributed by atoms with E-state index < -0.39 is 0 Å². The zero-order valence-corrected chi connectivity index (χ0v) is 11.8. The molecule has 3 aromatic rings. The number of H-pyrrole nitrogens is 1. The molecule has 3 N–H and O–H groups in total. The Kier molecular flexibility index (Phi) is 3.60. The highest BCUT2D eigenvalue weighted by Gasteiger charge is 2.05. The minimum absolute atomic E-state index is 0.743. The van der Waals surface area contributed by atoms with Crippen molar-refractivity contribution in [3.63, 3.8) is 0 Å². The lowest BCUT2D eigenvalue weighted by Crippen LogP contribution is -1.89. The maximum absolute atomic E-state index is 5.80. The summed E-state index contributed by atoms with van der Waals surface area (Å²) < 4.78 is 5.16. The van der Waals surface area contributed by atoms with Gasteiger partial charge in [-0.25, -0.2) is 0 Å². The molecule has 21 heavy (non-hydrogen) atoms. The highest BCUT2D eigenvalue weighted by atomic mass is 16.5. The lowest BCUT2D eigenvalue weighted by atomic mass is 10.1. The molecule has 0 atom stereocenters. The molecule has 2 aromatic carbocycles. The molecule has 3 rings (SSSR count). The van der Waals surface area contributed by atoms with Crippen LogP contribution in [0, 0.1) is 0 Å². The molecule has 0 unspecified atom stereocenters. The molecular formula is C17H17N3O. The van der Waals surface area contributed by atoms with Crippen LogP contribution in [0.25, 0.3) is 11.3 Å². The molecule has 0 aliphatic heterocycles. The van der Waals surface area contributed by atoms with Gasteiger partial charge in [-0.2, -0.15) is 5.10 Å². The molecule has 0 aliphatic rings. The number of aromatic nitrogens is 2. The summed E-state index contributed by atoms with van der Waals surface area (Å²) in [6.07, 6.45) is 0.805. The fourth-order valence-electron chi connectivity index (χ4n) is 2.26. The van der Waals surface area contributed by atoms with Crippen molar-refractivity contribution >= 4 is 5.69 Å².